The van der Waals surface area contributed by atoms with Crippen LogP contribution in [0.3, 0.4) is 0 Å². The summed E-state index contributed by atoms with van der Waals surface area (Å²) < 4.78 is 29.4. The Hall–Kier alpha value is -3.41. The first-order chi connectivity index (χ1) is 13.6. The Balaban J connectivity index is 1.79. The number of aryl methyl sites for hydroxylation is 1. The van der Waals surface area contributed by atoms with Gasteiger partial charge in [0.2, 0.25) is 0 Å². The molecule has 4 rings (SSSR count). The zero-order valence-electron chi connectivity index (χ0n) is 15.2. The maximum absolute atomic E-state index is 12.5. The van der Waals surface area contributed by atoms with Crippen molar-refractivity contribution in [1.29, 1.82) is 0 Å². The van der Waals surface area contributed by atoms with E-state index in [1.54, 1.807) is 24.3 Å². The number of rotatable bonds is 6. The van der Waals surface area contributed by atoms with Crippen molar-refractivity contribution in [1.82, 2.24) is 4.98 Å². The third-order valence-corrected chi connectivity index (χ3v) is 4.68. The second kappa shape index (κ2) is 7.68. The van der Waals surface area contributed by atoms with E-state index in [2.05, 4.69) is 26.1 Å². The van der Waals surface area contributed by atoms with Crippen molar-refractivity contribution in [2.24, 2.45) is 0 Å². The summed E-state index contributed by atoms with van der Waals surface area (Å²) >= 11 is 0. The van der Waals surface area contributed by atoms with Crippen LogP contribution in [0.2, 0.25) is 0 Å². The first-order valence-corrected chi connectivity index (χ1v) is 8.97. The topological polar surface area (TPSA) is 51.2 Å². The van der Waals surface area contributed by atoms with Gasteiger partial charge in [0.15, 0.2) is 0 Å². The van der Waals surface area contributed by atoms with Crippen LogP contribution in [0.5, 0.6) is 5.75 Å². The van der Waals surface area contributed by atoms with Crippen LogP contribution in [0.4, 0.5) is 14.6 Å². The van der Waals surface area contributed by atoms with E-state index in [0.29, 0.717) is 0 Å². The van der Waals surface area contributed by atoms with E-state index >= 15 is 0 Å². The second-order valence-corrected chi connectivity index (χ2v) is 6.51. The molecule has 142 valence electrons. The van der Waals surface area contributed by atoms with Crippen molar-refractivity contribution in [3.63, 3.8) is 0 Å². The number of para-hydroxylation sites is 1. The van der Waals surface area contributed by atoms with Crippen molar-refractivity contribution in [2.75, 3.05) is 5.32 Å². The van der Waals surface area contributed by atoms with Gasteiger partial charge in [-0.2, -0.15) is 8.78 Å². The van der Waals surface area contributed by atoms with Gasteiger partial charge in [-0.05, 0) is 31.2 Å². The summed E-state index contributed by atoms with van der Waals surface area (Å²) in [6, 6.07) is 20.5. The van der Waals surface area contributed by atoms with Crippen molar-refractivity contribution >= 4 is 16.7 Å². The highest BCUT2D eigenvalue weighted by atomic mass is 19.3. The zero-order valence-corrected chi connectivity index (χ0v) is 15.2. The summed E-state index contributed by atoms with van der Waals surface area (Å²) in [6.07, 6.45) is 1.85. The minimum Gasteiger partial charge on any atom is -0.435 e. The number of nitrogens with one attached hydrogen (secondary N) is 3. The number of aromatic amines is 2. The average Bonchev–Trinajstić information content (AvgIpc) is 3.03. The van der Waals surface area contributed by atoms with Gasteiger partial charge in [0, 0.05) is 33.8 Å². The van der Waals surface area contributed by atoms with E-state index in [9.17, 15) is 8.78 Å². The third kappa shape index (κ3) is 3.67. The number of ether oxygens (including phenoxy) is 1. The smallest absolute Gasteiger partial charge is 0.387 e. The molecule has 0 radical (unpaired) electrons. The zero-order chi connectivity index (χ0) is 19.5. The number of anilines is 1. The number of H-pyrrole nitrogens is 2. The summed E-state index contributed by atoms with van der Waals surface area (Å²) in [7, 11) is 0. The number of pyridine rings is 1. The van der Waals surface area contributed by atoms with E-state index in [1.807, 2.05) is 49.5 Å². The van der Waals surface area contributed by atoms with Gasteiger partial charge < -0.3 is 9.72 Å². The number of benzene rings is 2. The predicted molar refractivity (Wildman–Crippen MR) is 105 cm³/mol. The molecule has 1 unspecified atom stereocenters. The van der Waals surface area contributed by atoms with Crippen LogP contribution in [-0.2, 0) is 0 Å². The van der Waals surface area contributed by atoms with Gasteiger partial charge in [0.1, 0.15) is 11.8 Å². The number of hydrogen-bond donors (Lipinski definition) is 2. The lowest BCUT2D eigenvalue weighted by molar-refractivity contribution is -0.361. The summed E-state index contributed by atoms with van der Waals surface area (Å²) in [6.45, 7) is -0.804. The van der Waals surface area contributed by atoms with E-state index in [0.717, 1.165) is 33.5 Å². The Kier molecular flexibility index (Phi) is 4.93. The number of hydrogen-bond acceptors (Lipinski definition) is 2. The Bertz CT molecular complexity index is 1060. The highest BCUT2D eigenvalue weighted by Crippen LogP contribution is 2.34. The summed E-state index contributed by atoms with van der Waals surface area (Å²) in [5.74, 6) is 0.990. The Morgan fingerprint density at radius 2 is 1.71 bits per heavy atom. The maximum Gasteiger partial charge on any atom is 0.387 e. The molecule has 0 saturated heterocycles. The van der Waals surface area contributed by atoms with E-state index in [-0.39, 0.29) is 11.8 Å². The number of alkyl halides is 2. The Labute approximate surface area is 161 Å². The molecule has 1 atom stereocenters. The summed E-state index contributed by atoms with van der Waals surface area (Å²) in [4.78, 5) is 6.62. The molecule has 6 heteroatoms. The van der Waals surface area contributed by atoms with Gasteiger partial charge in [0.25, 0.3) is 5.82 Å². The first kappa shape index (κ1) is 18.0. The molecule has 3 N–H and O–H groups in total. The van der Waals surface area contributed by atoms with Gasteiger partial charge in [-0.15, -0.1) is 0 Å². The van der Waals surface area contributed by atoms with Gasteiger partial charge in [-0.3, -0.25) is 5.32 Å². The molecule has 28 heavy (non-hydrogen) atoms. The summed E-state index contributed by atoms with van der Waals surface area (Å²) in [5, 5.41) is 4.64. The molecule has 0 spiro atoms. The van der Waals surface area contributed by atoms with Crippen LogP contribution in [-0.4, -0.2) is 11.6 Å². The van der Waals surface area contributed by atoms with Crippen LogP contribution in [0.25, 0.3) is 10.9 Å². The number of halogens is 2. The van der Waals surface area contributed by atoms with Gasteiger partial charge >= 0.3 is 6.61 Å². The fourth-order valence-corrected chi connectivity index (χ4v) is 3.47. The second-order valence-electron chi connectivity index (χ2n) is 6.51. The molecule has 0 bridgehead atoms. The maximum atomic E-state index is 12.5. The van der Waals surface area contributed by atoms with Crippen molar-refractivity contribution in [3.8, 4) is 5.75 Å². The largest absolute Gasteiger partial charge is 0.435 e. The van der Waals surface area contributed by atoms with Crippen LogP contribution in [0.1, 0.15) is 22.9 Å². The highest BCUT2D eigenvalue weighted by molar-refractivity contribution is 5.86. The van der Waals surface area contributed by atoms with E-state index < -0.39 is 6.61 Å². The summed E-state index contributed by atoms with van der Waals surface area (Å²) in [5.41, 5.74) is 4.14. The fourth-order valence-electron chi connectivity index (χ4n) is 3.47. The monoisotopic (exact) mass is 380 g/mol. The molecular formula is C22H20F2N3O+. The Morgan fingerprint density at radius 1 is 0.964 bits per heavy atom. The quantitative estimate of drug-likeness (QED) is 0.489. The molecule has 4 aromatic rings. The lowest BCUT2D eigenvalue weighted by Gasteiger charge is -2.16. The lowest BCUT2D eigenvalue weighted by atomic mass is 9.96. The van der Waals surface area contributed by atoms with Crippen LogP contribution in [0, 0.1) is 6.92 Å². The molecule has 0 saturated carbocycles. The molecule has 0 fully saturated rings. The molecule has 0 amide bonds. The van der Waals surface area contributed by atoms with Gasteiger partial charge in [0.05, 0.1) is 6.20 Å². The molecule has 4 nitrogen and oxygen atoms in total. The highest BCUT2D eigenvalue weighted by Gasteiger charge is 2.25. The van der Waals surface area contributed by atoms with Crippen molar-refractivity contribution in [2.45, 2.75) is 19.6 Å². The molecule has 0 aliphatic carbocycles. The van der Waals surface area contributed by atoms with Crippen molar-refractivity contribution < 1.29 is 18.5 Å². The van der Waals surface area contributed by atoms with Gasteiger partial charge in [-0.1, -0.05) is 36.4 Å². The van der Waals surface area contributed by atoms with Crippen LogP contribution >= 0.6 is 0 Å². The normalized spacial score (nSPS) is 12.3. The average molecular weight is 380 g/mol. The standard InChI is InChI=1S/C22H19F2N3O/c1-14-20(17-6-2-3-7-18(17)26-14)21(27-19-8-4-5-13-25-19)15-9-11-16(12-10-15)28-22(23)24/h2-13,21-22,26H,1H3,(H,25,27)/p+1. The molecule has 0 aliphatic rings. The Morgan fingerprint density at radius 3 is 2.43 bits per heavy atom. The van der Waals surface area contributed by atoms with E-state index in [4.69, 9.17) is 0 Å². The molecule has 2 aromatic heterocycles. The molecule has 0 aliphatic heterocycles. The molecule has 2 heterocycles. The van der Waals surface area contributed by atoms with Crippen molar-refractivity contribution in [3.05, 3.63) is 89.7 Å². The van der Waals surface area contributed by atoms with Crippen LogP contribution in [0.15, 0.2) is 72.9 Å². The number of fused-ring (bicyclic) bond motifs is 1. The third-order valence-electron chi connectivity index (χ3n) is 4.68. The number of aromatic nitrogens is 2. The minimum absolute atomic E-state index is 0.138. The first-order valence-electron chi connectivity index (χ1n) is 8.97. The molecular weight excluding hydrogens is 360 g/mol. The fraction of sp³-hybridized carbons (Fsp3) is 0.136. The predicted octanol–water partition coefficient (Wildman–Crippen LogP) is 5.09. The minimum atomic E-state index is -2.84. The molecule has 2 aromatic carbocycles. The van der Waals surface area contributed by atoms with E-state index in [1.165, 1.54) is 0 Å². The lowest BCUT2D eigenvalue weighted by Crippen LogP contribution is -2.19. The van der Waals surface area contributed by atoms with Gasteiger partial charge in [-0.25, -0.2) is 4.98 Å². The van der Waals surface area contributed by atoms with Crippen LogP contribution < -0.4 is 15.0 Å². The SMILES string of the molecule is Cc1[nH]c2ccccc2c1C(Nc1cccc[nH+]1)c1ccc(OC(F)F)cc1.